The summed E-state index contributed by atoms with van der Waals surface area (Å²) in [6.45, 7) is 15.8. The van der Waals surface area contributed by atoms with Crippen LogP contribution in [0.25, 0.3) is 0 Å². The molecular weight excluding hydrogens is 447 g/mol. The number of hydrogen-bond acceptors (Lipinski definition) is 2. The van der Waals surface area contributed by atoms with E-state index in [1.807, 2.05) is 0 Å². The van der Waals surface area contributed by atoms with Crippen molar-refractivity contribution in [3.8, 4) is 0 Å². The van der Waals surface area contributed by atoms with E-state index >= 15 is 0 Å². The number of alkyl halides is 1. The summed E-state index contributed by atoms with van der Waals surface area (Å²) >= 11 is 0. The van der Waals surface area contributed by atoms with Crippen LogP contribution in [0.15, 0.2) is 12.2 Å². The maximum atomic E-state index is 14.7. The molecule has 0 spiro atoms. The fourth-order valence-electron chi connectivity index (χ4n) is 9.52. The topological polar surface area (TPSA) is 40.5 Å². The van der Waals surface area contributed by atoms with E-state index in [0.29, 0.717) is 53.3 Å². The molecule has 208 valence electrons. The van der Waals surface area contributed by atoms with Crippen molar-refractivity contribution in [3.63, 3.8) is 0 Å². The van der Waals surface area contributed by atoms with Crippen molar-refractivity contribution in [2.45, 2.75) is 142 Å². The Kier molecular flexibility index (Phi) is 9.03. The number of aliphatic hydroxyl groups is 2. The predicted molar refractivity (Wildman–Crippen MR) is 148 cm³/mol. The third-order valence-corrected chi connectivity index (χ3v) is 11.9. The lowest BCUT2D eigenvalue weighted by Gasteiger charge is -2.54. The van der Waals surface area contributed by atoms with Crippen LogP contribution in [0.1, 0.15) is 125 Å². The minimum Gasteiger partial charge on any atom is -0.393 e. The van der Waals surface area contributed by atoms with Gasteiger partial charge in [-0.2, -0.15) is 0 Å². The summed E-state index contributed by atoms with van der Waals surface area (Å²) in [6, 6.07) is 0. The van der Waals surface area contributed by atoms with Crippen LogP contribution >= 0.6 is 0 Å². The lowest BCUT2D eigenvalue weighted by Crippen LogP contribution is -2.47. The van der Waals surface area contributed by atoms with Gasteiger partial charge in [-0.25, -0.2) is 4.39 Å². The van der Waals surface area contributed by atoms with Crippen LogP contribution < -0.4 is 0 Å². The molecule has 0 saturated heterocycles. The number of aliphatic hydroxyl groups excluding tert-OH is 2. The fourth-order valence-corrected chi connectivity index (χ4v) is 9.52. The fraction of sp³-hybridized carbons (Fsp3) is 0.939. The second kappa shape index (κ2) is 11.4. The highest BCUT2D eigenvalue weighted by molar-refractivity contribution is 5.26. The second-order valence-corrected chi connectivity index (χ2v) is 14.5. The first-order valence-electron chi connectivity index (χ1n) is 15.7. The Labute approximate surface area is 221 Å². The first kappa shape index (κ1) is 28.6. The lowest BCUT2D eigenvalue weighted by atomic mass is 9.51. The van der Waals surface area contributed by atoms with E-state index in [4.69, 9.17) is 6.58 Å². The maximum Gasteiger partial charge on any atom is 0.105 e. The minimum atomic E-state index is -1.11. The smallest absolute Gasteiger partial charge is 0.105 e. The molecule has 0 radical (unpaired) electrons. The highest BCUT2D eigenvalue weighted by Crippen LogP contribution is 2.66. The summed E-state index contributed by atoms with van der Waals surface area (Å²) < 4.78 is 14.7. The Balaban J connectivity index is 1.59. The average molecular weight is 505 g/mol. The van der Waals surface area contributed by atoms with Crippen LogP contribution in [0, 0.1) is 52.8 Å². The van der Waals surface area contributed by atoms with Gasteiger partial charge < -0.3 is 10.2 Å². The van der Waals surface area contributed by atoms with E-state index in [1.54, 1.807) is 19.4 Å². The first-order chi connectivity index (χ1) is 17.0. The van der Waals surface area contributed by atoms with Gasteiger partial charge in [0.1, 0.15) is 5.67 Å². The SMILES string of the molecule is C=C(C1C(C)C(CCC(C)(C)F)C(C)C(CC2CCC(O)CC2)C1CC)C1(C2CCC(O)CC2)CC1. The van der Waals surface area contributed by atoms with Crippen molar-refractivity contribution in [2.24, 2.45) is 52.8 Å². The third kappa shape index (κ3) is 6.08. The molecule has 4 aliphatic carbocycles. The zero-order chi connectivity index (χ0) is 26.3. The molecular formula is C33H57FO2. The van der Waals surface area contributed by atoms with E-state index in [-0.39, 0.29) is 12.2 Å². The molecule has 6 unspecified atom stereocenters. The molecule has 0 aromatic rings. The van der Waals surface area contributed by atoms with Gasteiger partial charge in [0.15, 0.2) is 0 Å². The second-order valence-electron chi connectivity index (χ2n) is 14.5. The Morgan fingerprint density at radius 1 is 0.861 bits per heavy atom. The molecule has 0 aromatic carbocycles. The molecule has 6 atom stereocenters. The zero-order valence-corrected chi connectivity index (χ0v) is 24.2. The molecule has 0 bridgehead atoms. The molecule has 4 rings (SSSR count). The van der Waals surface area contributed by atoms with Crippen LogP contribution in [0.5, 0.6) is 0 Å². The van der Waals surface area contributed by atoms with Gasteiger partial charge in [-0.1, -0.05) is 39.3 Å². The standard InChI is InChI=1S/C33H57FO2/c1-7-28-30(20-24-8-12-26(35)13-9-24)21(2)29(16-17-32(5,6)34)22(3)31(28)23(4)33(18-19-33)25-10-14-27(36)15-11-25/h21-22,24-31,35-36H,4,7-20H2,1-3,5-6H3. The van der Waals surface area contributed by atoms with E-state index in [2.05, 4.69) is 20.8 Å². The van der Waals surface area contributed by atoms with Crippen molar-refractivity contribution in [2.75, 3.05) is 0 Å². The van der Waals surface area contributed by atoms with E-state index in [9.17, 15) is 14.6 Å². The number of hydrogen-bond donors (Lipinski definition) is 2. The van der Waals surface area contributed by atoms with E-state index < -0.39 is 5.67 Å². The van der Waals surface area contributed by atoms with Crippen molar-refractivity contribution in [3.05, 3.63) is 12.2 Å². The maximum absolute atomic E-state index is 14.7. The first-order valence-corrected chi connectivity index (χ1v) is 15.7. The van der Waals surface area contributed by atoms with E-state index in [0.717, 1.165) is 50.9 Å². The summed E-state index contributed by atoms with van der Waals surface area (Å²) in [7, 11) is 0. The largest absolute Gasteiger partial charge is 0.393 e. The summed E-state index contributed by atoms with van der Waals surface area (Å²) in [4.78, 5) is 0. The highest BCUT2D eigenvalue weighted by Gasteiger charge is 2.57. The lowest BCUT2D eigenvalue weighted by molar-refractivity contribution is -0.0255. The molecule has 0 heterocycles. The highest BCUT2D eigenvalue weighted by atomic mass is 19.1. The van der Waals surface area contributed by atoms with Gasteiger partial charge in [0, 0.05) is 0 Å². The zero-order valence-electron chi connectivity index (χ0n) is 24.2. The molecule has 0 aromatic heterocycles. The van der Waals surface area contributed by atoms with Crippen molar-refractivity contribution in [1.82, 2.24) is 0 Å². The Bertz CT molecular complexity index is 720. The molecule has 4 aliphatic rings. The van der Waals surface area contributed by atoms with Gasteiger partial charge in [0.2, 0.25) is 0 Å². The number of rotatable bonds is 9. The van der Waals surface area contributed by atoms with Crippen molar-refractivity contribution < 1.29 is 14.6 Å². The summed E-state index contributed by atoms with van der Waals surface area (Å²) in [5.41, 5.74) is 0.739. The van der Waals surface area contributed by atoms with Crippen LogP contribution in [-0.2, 0) is 0 Å². The van der Waals surface area contributed by atoms with Crippen LogP contribution in [0.2, 0.25) is 0 Å². The van der Waals surface area contributed by atoms with Crippen LogP contribution in [0.3, 0.4) is 0 Å². The van der Waals surface area contributed by atoms with Gasteiger partial charge in [0.25, 0.3) is 0 Å². The number of halogens is 1. The molecule has 2 N–H and O–H groups in total. The predicted octanol–water partition coefficient (Wildman–Crippen LogP) is 8.50. The molecule has 36 heavy (non-hydrogen) atoms. The molecule has 2 nitrogen and oxygen atoms in total. The summed E-state index contributed by atoms with van der Waals surface area (Å²) in [5, 5.41) is 20.2. The molecule has 4 fully saturated rings. The number of allylic oxidation sites excluding steroid dienone is 1. The quantitative estimate of drug-likeness (QED) is 0.309. The minimum absolute atomic E-state index is 0.0946. The average Bonchev–Trinajstić information content (AvgIpc) is 3.63. The molecule has 0 amide bonds. The van der Waals surface area contributed by atoms with Gasteiger partial charge in [-0.05, 0) is 150 Å². The third-order valence-electron chi connectivity index (χ3n) is 11.9. The summed E-state index contributed by atoms with van der Waals surface area (Å²) in [5.74, 6) is 5.00. The van der Waals surface area contributed by atoms with Crippen molar-refractivity contribution in [1.29, 1.82) is 0 Å². The molecule has 3 heteroatoms. The van der Waals surface area contributed by atoms with Gasteiger partial charge in [-0.3, -0.25) is 0 Å². The van der Waals surface area contributed by atoms with Crippen molar-refractivity contribution >= 4 is 0 Å². The Morgan fingerprint density at radius 2 is 1.42 bits per heavy atom. The monoisotopic (exact) mass is 504 g/mol. The Hall–Kier alpha value is -0.410. The van der Waals surface area contributed by atoms with Gasteiger partial charge >= 0.3 is 0 Å². The molecule has 4 saturated carbocycles. The van der Waals surface area contributed by atoms with Crippen LogP contribution in [-0.4, -0.2) is 28.1 Å². The van der Waals surface area contributed by atoms with Gasteiger partial charge in [-0.15, -0.1) is 0 Å². The molecule has 0 aliphatic heterocycles. The van der Waals surface area contributed by atoms with E-state index in [1.165, 1.54) is 38.5 Å². The Morgan fingerprint density at radius 3 is 1.92 bits per heavy atom. The van der Waals surface area contributed by atoms with Crippen LogP contribution in [0.4, 0.5) is 4.39 Å². The normalized spacial score (nSPS) is 43.2. The summed E-state index contributed by atoms with van der Waals surface area (Å²) in [6.07, 6.45) is 15.0. The van der Waals surface area contributed by atoms with Gasteiger partial charge in [0.05, 0.1) is 12.2 Å².